The van der Waals surface area contributed by atoms with E-state index in [2.05, 4.69) is 5.92 Å². The van der Waals surface area contributed by atoms with Crippen LogP contribution in [0, 0.1) is 12.3 Å². The van der Waals surface area contributed by atoms with Gasteiger partial charge in [-0.15, -0.1) is 6.42 Å². The summed E-state index contributed by atoms with van der Waals surface area (Å²) in [6, 6.07) is 0. The van der Waals surface area contributed by atoms with Crippen LogP contribution in [0.4, 0.5) is 4.79 Å². The van der Waals surface area contributed by atoms with Gasteiger partial charge in [0.15, 0.2) is 0 Å². The lowest BCUT2D eigenvalue weighted by molar-refractivity contribution is 0.0515. The number of rotatable bonds is 7. The molecule has 0 atom stereocenters. The Morgan fingerprint density at radius 3 is 2.64 bits per heavy atom. The van der Waals surface area contributed by atoms with Crippen LogP contribution in [0.2, 0.25) is 0 Å². The lowest BCUT2D eigenvalue weighted by Crippen LogP contribution is -2.28. The number of terminal acetylenes is 1. The molecule has 1 amide bonds. The van der Waals surface area contributed by atoms with Crippen LogP contribution < -0.4 is 0 Å². The Kier molecular flexibility index (Phi) is 7.61. The maximum atomic E-state index is 10.3. The summed E-state index contributed by atoms with van der Waals surface area (Å²) in [5, 5.41) is 8.48. The highest BCUT2D eigenvalue weighted by atomic mass is 16.5. The number of likely N-dealkylation sites (N-methyl/N-ethyl adjacent to an activating group) is 1. The van der Waals surface area contributed by atoms with Crippen molar-refractivity contribution in [3.8, 4) is 12.3 Å². The van der Waals surface area contributed by atoms with E-state index in [4.69, 9.17) is 21.0 Å². The van der Waals surface area contributed by atoms with Gasteiger partial charge in [0, 0.05) is 13.6 Å². The summed E-state index contributed by atoms with van der Waals surface area (Å²) in [5.74, 6) is 2.33. The van der Waals surface area contributed by atoms with Crippen molar-refractivity contribution < 1.29 is 19.4 Å². The van der Waals surface area contributed by atoms with E-state index in [0.29, 0.717) is 26.4 Å². The van der Waals surface area contributed by atoms with Crippen molar-refractivity contribution in [1.82, 2.24) is 4.90 Å². The van der Waals surface area contributed by atoms with E-state index in [9.17, 15) is 4.79 Å². The van der Waals surface area contributed by atoms with E-state index < -0.39 is 6.09 Å². The summed E-state index contributed by atoms with van der Waals surface area (Å²) in [5.41, 5.74) is 0. The second-order valence-corrected chi connectivity index (χ2v) is 2.57. The van der Waals surface area contributed by atoms with Gasteiger partial charge in [0.25, 0.3) is 0 Å². The number of ether oxygens (including phenoxy) is 2. The van der Waals surface area contributed by atoms with Crippen LogP contribution in [0.3, 0.4) is 0 Å². The number of hydrogen-bond donors (Lipinski definition) is 1. The maximum Gasteiger partial charge on any atom is 0.407 e. The Hall–Kier alpha value is -1.25. The molecule has 80 valence electrons. The monoisotopic (exact) mass is 201 g/mol. The highest BCUT2D eigenvalue weighted by molar-refractivity contribution is 5.64. The molecular formula is C9H15NO4. The molecule has 0 aromatic heterocycles. The van der Waals surface area contributed by atoms with Crippen LogP contribution in [0.5, 0.6) is 0 Å². The molecule has 0 heterocycles. The summed E-state index contributed by atoms with van der Waals surface area (Å²) >= 11 is 0. The van der Waals surface area contributed by atoms with Crippen molar-refractivity contribution in [3.63, 3.8) is 0 Å². The van der Waals surface area contributed by atoms with Crippen LogP contribution in [0.15, 0.2) is 0 Å². The fraction of sp³-hybridized carbons (Fsp3) is 0.667. The van der Waals surface area contributed by atoms with Crippen LogP contribution in [0.1, 0.15) is 0 Å². The minimum Gasteiger partial charge on any atom is -0.465 e. The molecule has 0 fully saturated rings. The van der Waals surface area contributed by atoms with Crippen LogP contribution >= 0.6 is 0 Å². The fourth-order valence-electron chi connectivity index (χ4n) is 0.648. The van der Waals surface area contributed by atoms with E-state index in [1.54, 1.807) is 0 Å². The SMILES string of the molecule is C#CCOCCOCCN(C)C(=O)O. The Morgan fingerprint density at radius 2 is 2.07 bits per heavy atom. The number of carboxylic acid groups (broad SMARTS) is 1. The lowest BCUT2D eigenvalue weighted by Gasteiger charge is -2.12. The van der Waals surface area contributed by atoms with Gasteiger partial charge in [0.1, 0.15) is 6.61 Å². The molecule has 0 rings (SSSR count). The smallest absolute Gasteiger partial charge is 0.407 e. The van der Waals surface area contributed by atoms with Crippen LogP contribution in [-0.4, -0.2) is 56.1 Å². The second kappa shape index (κ2) is 8.35. The van der Waals surface area contributed by atoms with Crippen molar-refractivity contribution in [1.29, 1.82) is 0 Å². The number of nitrogens with zero attached hydrogens (tertiary/aromatic N) is 1. The topological polar surface area (TPSA) is 59.0 Å². The molecule has 0 aliphatic heterocycles. The van der Waals surface area contributed by atoms with E-state index >= 15 is 0 Å². The molecule has 0 bridgehead atoms. The molecule has 0 saturated carbocycles. The number of amides is 1. The zero-order chi connectivity index (χ0) is 10.8. The molecule has 14 heavy (non-hydrogen) atoms. The second-order valence-electron chi connectivity index (χ2n) is 2.57. The third kappa shape index (κ3) is 7.40. The highest BCUT2D eigenvalue weighted by Crippen LogP contribution is 1.84. The molecule has 5 nitrogen and oxygen atoms in total. The molecule has 0 aliphatic rings. The molecule has 0 aliphatic carbocycles. The van der Waals surface area contributed by atoms with Gasteiger partial charge in [-0.25, -0.2) is 4.79 Å². The van der Waals surface area contributed by atoms with Crippen molar-refractivity contribution in [2.45, 2.75) is 0 Å². The molecular weight excluding hydrogens is 186 g/mol. The first kappa shape index (κ1) is 12.8. The van der Waals surface area contributed by atoms with Crippen molar-refractivity contribution in [2.24, 2.45) is 0 Å². The van der Waals surface area contributed by atoms with Gasteiger partial charge in [-0.1, -0.05) is 5.92 Å². The van der Waals surface area contributed by atoms with E-state index in [1.165, 1.54) is 7.05 Å². The molecule has 0 aromatic rings. The average Bonchev–Trinajstić information content (AvgIpc) is 2.16. The normalized spacial score (nSPS) is 9.43. The van der Waals surface area contributed by atoms with Gasteiger partial charge in [-0.3, -0.25) is 0 Å². The minimum absolute atomic E-state index is 0.276. The molecule has 0 saturated heterocycles. The van der Waals surface area contributed by atoms with E-state index in [1.807, 2.05) is 0 Å². The third-order valence-electron chi connectivity index (χ3n) is 1.45. The summed E-state index contributed by atoms with van der Waals surface area (Å²) in [6.07, 6.45) is 3.99. The predicted molar refractivity (Wildman–Crippen MR) is 51.1 cm³/mol. The standard InChI is InChI=1S/C9H15NO4/c1-3-5-13-7-8-14-6-4-10(2)9(11)12/h1H,4-8H2,2H3,(H,11,12). The fourth-order valence-corrected chi connectivity index (χ4v) is 0.648. The van der Waals surface area contributed by atoms with E-state index in [-0.39, 0.29) is 6.61 Å². The first-order valence-electron chi connectivity index (χ1n) is 4.21. The third-order valence-corrected chi connectivity index (χ3v) is 1.45. The Morgan fingerprint density at radius 1 is 1.43 bits per heavy atom. The molecule has 0 spiro atoms. The summed E-state index contributed by atoms with van der Waals surface area (Å²) in [6.45, 7) is 1.85. The quantitative estimate of drug-likeness (QED) is 0.474. The van der Waals surface area contributed by atoms with Crippen molar-refractivity contribution in [2.75, 3.05) is 40.0 Å². The van der Waals surface area contributed by atoms with Gasteiger partial charge in [0.05, 0.1) is 19.8 Å². The van der Waals surface area contributed by atoms with Gasteiger partial charge in [-0.05, 0) is 0 Å². The van der Waals surface area contributed by atoms with Gasteiger partial charge < -0.3 is 19.5 Å². The predicted octanol–water partition coefficient (Wildman–Crippen LogP) is 0.263. The lowest BCUT2D eigenvalue weighted by atomic mass is 10.6. The molecule has 0 unspecified atom stereocenters. The molecule has 0 aromatic carbocycles. The Balaban J connectivity index is 3.14. The summed E-state index contributed by atoms with van der Waals surface area (Å²) in [7, 11) is 1.49. The van der Waals surface area contributed by atoms with Gasteiger partial charge in [0.2, 0.25) is 0 Å². The van der Waals surface area contributed by atoms with Gasteiger partial charge >= 0.3 is 6.09 Å². The van der Waals surface area contributed by atoms with Gasteiger partial charge in [-0.2, -0.15) is 0 Å². The number of hydrogen-bond acceptors (Lipinski definition) is 3. The summed E-state index contributed by atoms with van der Waals surface area (Å²) < 4.78 is 10.0. The maximum absolute atomic E-state index is 10.3. The van der Waals surface area contributed by atoms with Crippen molar-refractivity contribution >= 4 is 6.09 Å². The van der Waals surface area contributed by atoms with Crippen molar-refractivity contribution in [3.05, 3.63) is 0 Å². The Labute approximate surface area is 83.6 Å². The zero-order valence-electron chi connectivity index (χ0n) is 8.23. The molecule has 5 heteroatoms. The van der Waals surface area contributed by atoms with Crippen LogP contribution in [0.25, 0.3) is 0 Å². The molecule has 1 N–H and O–H groups in total. The minimum atomic E-state index is -0.961. The Bertz CT molecular complexity index is 199. The summed E-state index contributed by atoms with van der Waals surface area (Å²) in [4.78, 5) is 11.5. The van der Waals surface area contributed by atoms with Crippen LogP contribution in [-0.2, 0) is 9.47 Å². The zero-order valence-corrected chi connectivity index (χ0v) is 8.23. The van der Waals surface area contributed by atoms with E-state index in [0.717, 1.165) is 4.90 Å². The molecule has 0 radical (unpaired) electrons. The first-order valence-corrected chi connectivity index (χ1v) is 4.21. The average molecular weight is 201 g/mol. The first-order chi connectivity index (χ1) is 6.68. The highest BCUT2D eigenvalue weighted by Gasteiger charge is 2.03. The number of carbonyl (C=O) groups is 1. The largest absolute Gasteiger partial charge is 0.465 e.